The van der Waals surface area contributed by atoms with Gasteiger partial charge in [0.05, 0.1) is 17.9 Å². The first-order chi connectivity index (χ1) is 8.84. The number of anilines is 2. The van der Waals surface area contributed by atoms with Crippen LogP contribution in [0.15, 0.2) is 28.9 Å². The van der Waals surface area contributed by atoms with Crippen LogP contribution in [0, 0.1) is 6.92 Å². The normalized spacial score (nSPS) is 14.8. The lowest BCUT2D eigenvalue weighted by Gasteiger charge is -2.23. The summed E-state index contributed by atoms with van der Waals surface area (Å²) in [6.07, 6.45) is 1.11. The second-order valence-electron chi connectivity index (χ2n) is 4.52. The van der Waals surface area contributed by atoms with Crippen LogP contribution in [-0.4, -0.2) is 23.4 Å². The fourth-order valence-corrected chi connectivity index (χ4v) is 2.25. The van der Waals surface area contributed by atoms with Gasteiger partial charge in [0, 0.05) is 13.1 Å². The van der Waals surface area contributed by atoms with E-state index >= 15 is 0 Å². The lowest BCUT2D eigenvalue weighted by Crippen LogP contribution is -2.23. The van der Waals surface area contributed by atoms with E-state index in [1.165, 1.54) is 11.4 Å². The van der Waals surface area contributed by atoms with Crippen molar-refractivity contribution in [3.8, 4) is 0 Å². The minimum Gasteiger partial charge on any atom is -0.383 e. The molecule has 0 saturated carbocycles. The van der Waals surface area contributed by atoms with Crippen molar-refractivity contribution in [3.05, 3.63) is 35.7 Å². The number of para-hydroxylation sites is 2. The molecule has 0 amide bonds. The number of aryl methyl sites for hydroxylation is 1. The predicted octanol–water partition coefficient (Wildman–Crippen LogP) is 2.20. The molecule has 0 radical (unpaired) electrons. The number of hydrogen-bond donors (Lipinski definition) is 1. The minimum atomic E-state index is 0.744. The van der Waals surface area contributed by atoms with Crippen LogP contribution in [0.1, 0.15) is 17.8 Å². The highest BCUT2D eigenvalue weighted by atomic mass is 16.6. The van der Waals surface area contributed by atoms with Crippen molar-refractivity contribution in [2.45, 2.75) is 19.9 Å². The number of nitrogens with zero attached hydrogens (tertiary/aromatic N) is 3. The van der Waals surface area contributed by atoms with E-state index < -0.39 is 0 Å². The fourth-order valence-electron chi connectivity index (χ4n) is 2.25. The summed E-state index contributed by atoms with van der Waals surface area (Å²) in [4.78, 5) is 2.32. The number of hydrogen-bond acceptors (Lipinski definition) is 5. The van der Waals surface area contributed by atoms with Crippen LogP contribution in [0.4, 0.5) is 11.4 Å². The molecule has 0 saturated heterocycles. The largest absolute Gasteiger partial charge is 0.383 e. The summed E-state index contributed by atoms with van der Waals surface area (Å²) in [7, 11) is 0. The first-order valence-corrected chi connectivity index (χ1v) is 6.20. The molecule has 1 aliphatic rings. The van der Waals surface area contributed by atoms with Gasteiger partial charge in [0.2, 0.25) is 0 Å². The molecule has 1 aliphatic heterocycles. The van der Waals surface area contributed by atoms with Crippen LogP contribution < -0.4 is 10.2 Å². The molecule has 18 heavy (non-hydrogen) atoms. The number of rotatable bonds is 2. The molecule has 0 unspecified atom stereocenters. The van der Waals surface area contributed by atoms with Crippen LogP contribution >= 0.6 is 0 Å². The zero-order valence-electron chi connectivity index (χ0n) is 10.4. The first-order valence-electron chi connectivity index (χ1n) is 6.20. The highest BCUT2D eigenvalue weighted by Gasteiger charge is 2.17. The van der Waals surface area contributed by atoms with Crippen LogP contribution in [0.3, 0.4) is 0 Å². The summed E-state index contributed by atoms with van der Waals surface area (Å²) in [6, 6.07) is 8.36. The van der Waals surface area contributed by atoms with Crippen molar-refractivity contribution in [2.24, 2.45) is 0 Å². The summed E-state index contributed by atoms with van der Waals surface area (Å²) in [5.74, 6) is 0. The van der Waals surface area contributed by atoms with E-state index in [9.17, 15) is 0 Å². The lowest BCUT2D eigenvalue weighted by molar-refractivity contribution is 0.301. The van der Waals surface area contributed by atoms with Crippen LogP contribution in [0.2, 0.25) is 0 Å². The Hall–Kier alpha value is -2.04. The summed E-state index contributed by atoms with van der Waals surface area (Å²) in [5, 5.41) is 11.2. The van der Waals surface area contributed by atoms with Gasteiger partial charge >= 0.3 is 0 Å². The molecule has 5 nitrogen and oxygen atoms in total. The Bertz CT molecular complexity index is 537. The summed E-state index contributed by atoms with van der Waals surface area (Å²) in [5.41, 5.74) is 4.18. The zero-order chi connectivity index (χ0) is 12.4. The number of fused-ring (bicyclic) bond motifs is 1. The molecule has 1 aromatic carbocycles. The Morgan fingerprint density at radius 2 is 2.22 bits per heavy atom. The molecule has 2 aromatic rings. The molecule has 0 bridgehead atoms. The molecule has 5 heteroatoms. The van der Waals surface area contributed by atoms with Crippen molar-refractivity contribution < 1.29 is 4.63 Å². The van der Waals surface area contributed by atoms with Crippen molar-refractivity contribution in [3.63, 3.8) is 0 Å². The van der Waals surface area contributed by atoms with Gasteiger partial charge in [0.25, 0.3) is 0 Å². The molecule has 3 rings (SSSR count). The van der Waals surface area contributed by atoms with Gasteiger partial charge in [-0.15, -0.1) is 0 Å². The second-order valence-corrected chi connectivity index (χ2v) is 4.52. The predicted molar refractivity (Wildman–Crippen MR) is 69.6 cm³/mol. The Morgan fingerprint density at radius 1 is 1.33 bits per heavy atom. The number of benzene rings is 1. The van der Waals surface area contributed by atoms with E-state index in [1.807, 2.05) is 6.92 Å². The summed E-state index contributed by atoms with van der Waals surface area (Å²) in [6.45, 7) is 4.68. The molecule has 0 fully saturated rings. The van der Waals surface area contributed by atoms with Crippen molar-refractivity contribution >= 4 is 11.4 Å². The van der Waals surface area contributed by atoms with Gasteiger partial charge in [0.15, 0.2) is 0 Å². The third-order valence-electron chi connectivity index (χ3n) is 3.25. The monoisotopic (exact) mass is 244 g/mol. The molecule has 1 N–H and O–H groups in total. The highest BCUT2D eigenvalue weighted by molar-refractivity contribution is 5.70. The SMILES string of the molecule is Cc1nonc1CN1CCCNc2ccccc21. The average molecular weight is 244 g/mol. The van der Waals surface area contributed by atoms with Crippen LogP contribution in [-0.2, 0) is 6.54 Å². The summed E-state index contributed by atoms with van der Waals surface area (Å²) < 4.78 is 4.76. The lowest BCUT2D eigenvalue weighted by atomic mass is 10.2. The van der Waals surface area contributed by atoms with E-state index in [1.54, 1.807) is 0 Å². The van der Waals surface area contributed by atoms with Crippen molar-refractivity contribution in [2.75, 3.05) is 23.3 Å². The van der Waals surface area contributed by atoms with Crippen molar-refractivity contribution in [1.82, 2.24) is 10.3 Å². The average Bonchev–Trinajstić information content (AvgIpc) is 2.68. The van der Waals surface area contributed by atoms with Gasteiger partial charge in [-0.05, 0) is 25.5 Å². The zero-order valence-corrected chi connectivity index (χ0v) is 10.4. The van der Waals surface area contributed by atoms with E-state index in [-0.39, 0.29) is 0 Å². The molecule has 1 aromatic heterocycles. The van der Waals surface area contributed by atoms with E-state index in [4.69, 9.17) is 4.63 Å². The molecule has 0 aliphatic carbocycles. The Kier molecular flexibility index (Phi) is 2.88. The van der Waals surface area contributed by atoms with Crippen LogP contribution in [0.25, 0.3) is 0 Å². The topological polar surface area (TPSA) is 54.2 Å². The molecular formula is C13H16N4O. The van der Waals surface area contributed by atoms with Gasteiger partial charge in [-0.25, -0.2) is 4.63 Å². The van der Waals surface area contributed by atoms with Crippen LogP contribution in [0.5, 0.6) is 0 Å². The Morgan fingerprint density at radius 3 is 3.06 bits per heavy atom. The maximum absolute atomic E-state index is 4.76. The number of aromatic nitrogens is 2. The van der Waals surface area contributed by atoms with E-state index in [2.05, 4.69) is 44.8 Å². The molecule has 0 spiro atoms. The van der Waals surface area contributed by atoms with Gasteiger partial charge in [-0.3, -0.25) is 0 Å². The van der Waals surface area contributed by atoms with Gasteiger partial charge in [0.1, 0.15) is 11.4 Å². The third kappa shape index (κ3) is 2.03. The molecule has 0 atom stereocenters. The minimum absolute atomic E-state index is 0.744. The molecule has 2 heterocycles. The Balaban J connectivity index is 1.90. The van der Waals surface area contributed by atoms with Gasteiger partial charge in [-0.1, -0.05) is 22.4 Å². The highest BCUT2D eigenvalue weighted by Crippen LogP contribution is 2.29. The van der Waals surface area contributed by atoms with Gasteiger partial charge in [-0.2, -0.15) is 0 Å². The van der Waals surface area contributed by atoms with Gasteiger partial charge < -0.3 is 10.2 Å². The quantitative estimate of drug-likeness (QED) is 0.877. The molecule has 94 valence electrons. The summed E-state index contributed by atoms with van der Waals surface area (Å²) >= 11 is 0. The third-order valence-corrected chi connectivity index (χ3v) is 3.25. The number of nitrogens with one attached hydrogen (secondary N) is 1. The first kappa shape index (κ1) is 11.1. The fraction of sp³-hybridized carbons (Fsp3) is 0.385. The van der Waals surface area contributed by atoms with Crippen molar-refractivity contribution in [1.29, 1.82) is 0 Å². The van der Waals surface area contributed by atoms with E-state index in [0.29, 0.717) is 0 Å². The standard InChI is InChI=1S/C13H16N4O/c1-10-12(16-18-15-10)9-17-8-4-7-14-11-5-2-3-6-13(11)17/h2-3,5-6,14H,4,7-9H2,1H3. The Labute approximate surface area is 106 Å². The second kappa shape index (κ2) is 4.68. The smallest absolute Gasteiger partial charge is 0.127 e. The maximum Gasteiger partial charge on any atom is 0.127 e. The van der Waals surface area contributed by atoms with E-state index in [0.717, 1.165) is 37.4 Å². The molecular weight excluding hydrogens is 228 g/mol. The maximum atomic E-state index is 4.76.